The van der Waals surface area contributed by atoms with Crippen LogP contribution in [0, 0.1) is 10.1 Å². The van der Waals surface area contributed by atoms with Crippen molar-refractivity contribution in [2.75, 3.05) is 18.6 Å². The Bertz CT molecular complexity index is 436. The Morgan fingerprint density at radius 2 is 2.29 bits per heavy atom. The van der Waals surface area contributed by atoms with E-state index in [9.17, 15) is 20.0 Å². The molecule has 0 unspecified atom stereocenters. The largest absolute Gasteiger partial charge is 0.502 e. The van der Waals surface area contributed by atoms with Gasteiger partial charge in [0.25, 0.3) is 5.91 Å². The van der Waals surface area contributed by atoms with Crippen molar-refractivity contribution in [1.82, 2.24) is 5.32 Å². The summed E-state index contributed by atoms with van der Waals surface area (Å²) >= 11 is 1.57. The van der Waals surface area contributed by atoms with E-state index in [1.807, 2.05) is 6.26 Å². The highest BCUT2D eigenvalue weighted by molar-refractivity contribution is 7.98. The monoisotopic (exact) mass is 256 g/mol. The lowest BCUT2D eigenvalue weighted by Crippen LogP contribution is -2.25. The summed E-state index contributed by atoms with van der Waals surface area (Å²) in [6.07, 6.45) is 1.90. The topological polar surface area (TPSA) is 92.5 Å². The number of aromatic hydroxyl groups is 1. The van der Waals surface area contributed by atoms with E-state index in [0.29, 0.717) is 6.54 Å². The molecule has 1 aromatic carbocycles. The Hall–Kier alpha value is -1.76. The minimum absolute atomic E-state index is 0.0831. The number of phenolic OH excluding ortho intramolecular Hbond substituents is 1. The van der Waals surface area contributed by atoms with Crippen molar-refractivity contribution in [2.24, 2.45) is 0 Å². The number of nitro benzene ring substituents is 1. The van der Waals surface area contributed by atoms with Gasteiger partial charge in [0.1, 0.15) is 0 Å². The molecule has 0 aromatic heterocycles. The van der Waals surface area contributed by atoms with Gasteiger partial charge in [0.05, 0.1) is 10.5 Å². The molecule has 0 aliphatic rings. The first-order chi connectivity index (χ1) is 8.07. The van der Waals surface area contributed by atoms with E-state index in [0.717, 1.165) is 11.8 Å². The molecule has 0 bridgehead atoms. The maximum atomic E-state index is 11.6. The predicted octanol–water partition coefficient (Wildman–Crippen LogP) is 1.39. The fraction of sp³-hybridized carbons (Fsp3) is 0.300. The Morgan fingerprint density at radius 1 is 1.59 bits per heavy atom. The van der Waals surface area contributed by atoms with Crippen LogP contribution >= 0.6 is 11.8 Å². The van der Waals surface area contributed by atoms with Crippen LogP contribution in [0.25, 0.3) is 0 Å². The summed E-state index contributed by atoms with van der Waals surface area (Å²) in [6.45, 7) is 0.447. The van der Waals surface area contributed by atoms with Gasteiger partial charge in [-0.15, -0.1) is 0 Å². The fourth-order valence-electron chi connectivity index (χ4n) is 1.22. The Labute approximate surface area is 102 Å². The van der Waals surface area contributed by atoms with Crippen LogP contribution in [0.5, 0.6) is 5.75 Å². The normalized spacial score (nSPS) is 9.94. The first-order valence-corrected chi connectivity index (χ1v) is 6.20. The van der Waals surface area contributed by atoms with Gasteiger partial charge in [-0.1, -0.05) is 6.07 Å². The van der Waals surface area contributed by atoms with Crippen LogP contribution in [-0.4, -0.2) is 34.5 Å². The number of nitro groups is 1. The second kappa shape index (κ2) is 6.09. The van der Waals surface area contributed by atoms with Gasteiger partial charge in [-0.2, -0.15) is 11.8 Å². The fourth-order valence-corrected chi connectivity index (χ4v) is 1.53. The molecule has 0 spiro atoms. The number of rotatable bonds is 5. The van der Waals surface area contributed by atoms with Crippen molar-refractivity contribution in [3.05, 3.63) is 33.9 Å². The first kappa shape index (κ1) is 13.3. The summed E-state index contributed by atoms with van der Waals surface area (Å²) in [5, 5.41) is 22.7. The van der Waals surface area contributed by atoms with Crippen LogP contribution in [-0.2, 0) is 0 Å². The van der Waals surface area contributed by atoms with Crippen molar-refractivity contribution in [3.8, 4) is 5.75 Å². The smallest absolute Gasteiger partial charge is 0.311 e. The quantitative estimate of drug-likeness (QED) is 0.472. The number of hydrogen-bond acceptors (Lipinski definition) is 5. The van der Waals surface area contributed by atoms with Crippen molar-refractivity contribution >= 4 is 23.4 Å². The Balaban J connectivity index is 2.87. The Kier molecular flexibility index (Phi) is 4.77. The summed E-state index contributed by atoms with van der Waals surface area (Å²) in [6, 6.07) is 3.85. The zero-order valence-electron chi connectivity index (χ0n) is 9.17. The third-order valence-corrected chi connectivity index (χ3v) is 2.66. The van der Waals surface area contributed by atoms with Gasteiger partial charge in [-0.3, -0.25) is 14.9 Å². The van der Waals surface area contributed by atoms with Crippen LogP contribution in [0.3, 0.4) is 0 Å². The second-order valence-electron chi connectivity index (χ2n) is 3.18. The summed E-state index contributed by atoms with van der Waals surface area (Å²) in [4.78, 5) is 21.5. The van der Waals surface area contributed by atoms with Gasteiger partial charge in [0.15, 0.2) is 0 Å². The number of hydrogen-bond donors (Lipinski definition) is 2. The van der Waals surface area contributed by atoms with Crippen molar-refractivity contribution in [3.63, 3.8) is 0 Å². The van der Waals surface area contributed by atoms with Crippen LogP contribution in [0.15, 0.2) is 18.2 Å². The van der Waals surface area contributed by atoms with E-state index in [4.69, 9.17) is 0 Å². The van der Waals surface area contributed by atoms with E-state index >= 15 is 0 Å². The lowest BCUT2D eigenvalue weighted by Gasteiger charge is -2.05. The molecule has 7 heteroatoms. The van der Waals surface area contributed by atoms with E-state index in [-0.39, 0.29) is 5.56 Å². The SMILES string of the molecule is CSCCNC(=O)c1cccc([N+](=O)[O-])c1O. The molecule has 1 aromatic rings. The molecule has 0 saturated carbocycles. The zero-order valence-corrected chi connectivity index (χ0v) is 9.99. The number of nitrogens with zero attached hydrogens (tertiary/aromatic N) is 1. The number of phenols is 1. The van der Waals surface area contributed by atoms with Gasteiger partial charge in [-0.25, -0.2) is 0 Å². The van der Waals surface area contributed by atoms with Crippen LogP contribution in [0.2, 0.25) is 0 Å². The molecule has 0 heterocycles. The summed E-state index contributed by atoms with van der Waals surface area (Å²) in [5.41, 5.74) is -0.553. The molecular formula is C10H12N2O4S. The summed E-state index contributed by atoms with van der Waals surface area (Å²) in [7, 11) is 0. The summed E-state index contributed by atoms with van der Waals surface area (Å²) < 4.78 is 0. The molecule has 0 aliphatic heterocycles. The minimum atomic E-state index is -0.728. The van der Waals surface area contributed by atoms with Gasteiger partial charge in [-0.05, 0) is 12.3 Å². The first-order valence-electron chi connectivity index (χ1n) is 4.81. The molecule has 2 N–H and O–H groups in total. The van der Waals surface area contributed by atoms with Crippen molar-refractivity contribution in [2.45, 2.75) is 0 Å². The maximum absolute atomic E-state index is 11.6. The average Bonchev–Trinajstić information content (AvgIpc) is 2.29. The molecule has 0 atom stereocenters. The molecule has 17 heavy (non-hydrogen) atoms. The predicted molar refractivity (Wildman–Crippen MR) is 65.5 cm³/mol. The van der Waals surface area contributed by atoms with Crippen LogP contribution in [0.1, 0.15) is 10.4 Å². The van der Waals surface area contributed by atoms with Gasteiger partial charge >= 0.3 is 5.69 Å². The third-order valence-electron chi connectivity index (χ3n) is 2.05. The van der Waals surface area contributed by atoms with Crippen LogP contribution < -0.4 is 5.32 Å². The van der Waals surface area contributed by atoms with E-state index in [1.54, 1.807) is 11.8 Å². The Morgan fingerprint density at radius 3 is 2.88 bits per heavy atom. The average molecular weight is 256 g/mol. The molecule has 6 nitrogen and oxygen atoms in total. The highest BCUT2D eigenvalue weighted by atomic mass is 32.2. The third kappa shape index (κ3) is 3.35. The van der Waals surface area contributed by atoms with E-state index < -0.39 is 22.3 Å². The van der Waals surface area contributed by atoms with Gasteiger partial charge in [0.2, 0.25) is 5.75 Å². The summed E-state index contributed by atoms with van der Waals surface area (Å²) in [5.74, 6) is -0.374. The van der Waals surface area contributed by atoms with E-state index in [1.165, 1.54) is 12.1 Å². The number of amides is 1. The minimum Gasteiger partial charge on any atom is -0.502 e. The molecule has 0 aliphatic carbocycles. The molecule has 1 rings (SSSR count). The number of para-hydroxylation sites is 1. The standard InChI is InChI=1S/C10H12N2O4S/c1-17-6-5-11-10(14)7-3-2-4-8(9(7)13)12(15)16/h2-4,13H,5-6H2,1H3,(H,11,14). The second-order valence-corrected chi connectivity index (χ2v) is 4.16. The zero-order chi connectivity index (χ0) is 12.8. The highest BCUT2D eigenvalue weighted by Crippen LogP contribution is 2.28. The highest BCUT2D eigenvalue weighted by Gasteiger charge is 2.20. The maximum Gasteiger partial charge on any atom is 0.311 e. The van der Waals surface area contributed by atoms with Crippen molar-refractivity contribution < 1.29 is 14.8 Å². The number of nitrogens with one attached hydrogen (secondary N) is 1. The molecule has 0 saturated heterocycles. The lowest BCUT2D eigenvalue weighted by molar-refractivity contribution is -0.385. The molecule has 0 fully saturated rings. The van der Waals surface area contributed by atoms with Gasteiger partial charge in [0, 0.05) is 18.4 Å². The number of thioether (sulfide) groups is 1. The molecule has 0 radical (unpaired) electrons. The number of carbonyl (C=O) groups is 1. The van der Waals surface area contributed by atoms with E-state index in [2.05, 4.69) is 5.32 Å². The van der Waals surface area contributed by atoms with Crippen molar-refractivity contribution in [1.29, 1.82) is 0 Å². The van der Waals surface area contributed by atoms with Crippen LogP contribution in [0.4, 0.5) is 5.69 Å². The molecule has 1 amide bonds. The lowest BCUT2D eigenvalue weighted by atomic mass is 10.1. The number of carbonyl (C=O) groups excluding carboxylic acids is 1. The van der Waals surface area contributed by atoms with Gasteiger partial charge < -0.3 is 10.4 Å². The number of benzene rings is 1. The molecular weight excluding hydrogens is 244 g/mol. The molecule has 92 valence electrons.